The molecule has 1 aliphatic rings. The van der Waals surface area contributed by atoms with Gasteiger partial charge in [-0.3, -0.25) is 4.79 Å². The second-order valence-electron chi connectivity index (χ2n) is 3.80. The van der Waals surface area contributed by atoms with Crippen LogP contribution in [0.1, 0.15) is 39.5 Å². The molecule has 0 radical (unpaired) electrons. The van der Waals surface area contributed by atoms with E-state index in [4.69, 9.17) is 0 Å². The molecule has 78 valence electrons. The lowest BCUT2D eigenvalue weighted by atomic mass is 9.64. The number of carboxylic acid groups (broad SMARTS) is 1. The fraction of sp³-hybridized carbons (Fsp3) is 0.583. The van der Waals surface area contributed by atoms with Gasteiger partial charge in [0.2, 0.25) is 0 Å². The van der Waals surface area contributed by atoms with Gasteiger partial charge in [-0.1, -0.05) is 31.6 Å². The average Bonchev–Trinajstić information content (AvgIpc) is 2.08. The number of carboxylic acids is 1. The molecule has 0 aromatic heterocycles. The number of aliphatic carboxylic acids is 1. The number of rotatable bonds is 4. The standard InChI is InChI=1S/C12H18O2/c1-3-5-7-10(4-2)12(11(13)14)8-6-9-12/h4-5,7H,3,6,8-9H2,1-2H3,(H,13,14)/b7-5-,10-4+. The van der Waals surface area contributed by atoms with E-state index in [9.17, 15) is 9.90 Å². The molecule has 0 amide bonds. The third-order valence-electron chi connectivity index (χ3n) is 3.01. The third-order valence-corrected chi connectivity index (χ3v) is 3.01. The Morgan fingerprint density at radius 3 is 2.43 bits per heavy atom. The van der Waals surface area contributed by atoms with Gasteiger partial charge in [-0.05, 0) is 31.8 Å². The van der Waals surface area contributed by atoms with Crippen molar-refractivity contribution in [2.75, 3.05) is 0 Å². The number of hydrogen-bond donors (Lipinski definition) is 1. The summed E-state index contributed by atoms with van der Waals surface area (Å²) in [4.78, 5) is 11.2. The second kappa shape index (κ2) is 4.45. The molecule has 0 heterocycles. The van der Waals surface area contributed by atoms with Gasteiger partial charge in [0.05, 0.1) is 5.41 Å². The van der Waals surface area contributed by atoms with Gasteiger partial charge in [-0.15, -0.1) is 0 Å². The Labute approximate surface area is 85.3 Å². The van der Waals surface area contributed by atoms with Crippen molar-refractivity contribution in [1.29, 1.82) is 0 Å². The summed E-state index contributed by atoms with van der Waals surface area (Å²) in [6.07, 6.45) is 9.48. The topological polar surface area (TPSA) is 37.3 Å². The van der Waals surface area contributed by atoms with Crippen molar-refractivity contribution in [3.8, 4) is 0 Å². The van der Waals surface area contributed by atoms with E-state index in [-0.39, 0.29) is 0 Å². The maximum atomic E-state index is 11.2. The first kappa shape index (κ1) is 11.0. The third kappa shape index (κ3) is 1.74. The fourth-order valence-electron chi connectivity index (χ4n) is 1.93. The minimum Gasteiger partial charge on any atom is -0.481 e. The zero-order chi connectivity index (χ0) is 10.6. The molecular weight excluding hydrogens is 176 g/mol. The van der Waals surface area contributed by atoms with E-state index in [1.165, 1.54) is 0 Å². The van der Waals surface area contributed by atoms with Crippen LogP contribution in [0.4, 0.5) is 0 Å². The molecule has 0 bridgehead atoms. The average molecular weight is 194 g/mol. The number of hydrogen-bond acceptors (Lipinski definition) is 1. The van der Waals surface area contributed by atoms with Crippen LogP contribution in [0, 0.1) is 5.41 Å². The molecule has 1 rings (SSSR count). The van der Waals surface area contributed by atoms with Crippen molar-refractivity contribution in [2.45, 2.75) is 39.5 Å². The largest absolute Gasteiger partial charge is 0.481 e. The first-order valence-electron chi connectivity index (χ1n) is 5.24. The lowest BCUT2D eigenvalue weighted by Gasteiger charge is -2.38. The first-order chi connectivity index (χ1) is 6.67. The highest BCUT2D eigenvalue weighted by Gasteiger charge is 2.46. The van der Waals surface area contributed by atoms with Crippen molar-refractivity contribution in [2.24, 2.45) is 5.41 Å². The number of carbonyl (C=O) groups is 1. The quantitative estimate of drug-likeness (QED) is 0.698. The zero-order valence-electron chi connectivity index (χ0n) is 8.92. The molecule has 2 nitrogen and oxygen atoms in total. The monoisotopic (exact) mass is 194 g/mol. The van der Waals surface area contributed by atoms with Crippen LogP contribution < -0.4 is 0 Å². The van der Waals surface area contributed by atoms with Crippen LogP contribution in [0.25, 0.3) is 0 Å². The van der Waals surface area contributed by atoms with E-state index in [1.807, 2.05) is 25.2 Å². The first-order valence-corrected chi connectivity index (χ1v) is 5.24. The lowest BCUT2D eigenvalue weighted by Crippen LogP contribution is -2.39. The summed E-state index contributed by atoms with van der Waals surface area (Å²) in [6.45, 7) is 3.97. The Morgan fingerprint density at radius 1 is 1.50 bits per heavy atom. The van der Waals surface area contributed by atoms with Crippen LogP contribution in [0.5, 0.6) is 0 Å². The Hall–Kier alpha value is -1.05. The summed E-state index contributed by atoms with van der Waals surface area (Å²) >= 11 is 0. The molecule has 1 saturated carbocycles. The highest BCUT2D eigenvalue weighted by molar-refractivity contribution is 5.80. The van der Waals surface area contributed by atoms with Gasteiger partial charge in [0.25, 0.3) is 0 Å². The molecule has 1 aliphatic carbocycles. The van der Waals surface area contributed by atoms with Crippen LogP contribution in [0.2, 0.25) is 0 Å². The summed E-state index contributed by atoms with van der Waals surface area (Å²) < 4.78 is 0. The van der Waals surface area contributed by atoms with E-state index >= 15 is 0 Å². The summed E-state index contributed by atoms with van der Waals surface area (Å²) in [6, 6.07) is 0. The molecule has 2 heteroatoms. The van der Waals surface area contributed by atoms with Crippen LogP contribution in [0.15, 0.2) is 23.8 Å². The zero-order valence-corrected chi connectivity index (χ0v) is 8.92. The van der Waals surface area contributed by atoms with Gasteiger partial charge < -0.3 is 5.11 Å². The minimum absolute atomic E-state index is 0.569. The summed E-state index contributed by atoms with van der Waals surface area (Å²) in [5, 5.41) is 9.21. The van der Waals surface area contributed by atoms with E-state index in [1.54, 1.807) is 0 Å². The molecular formula is C12H18O2. The lowest BCUT2D eigenvalue weighted by molar-refractivity contribution is -0.150. The van der Waals surface area contributed by atoms with Gasteiger partial charge in [0, 0.05) is 0 Å². The normalized spacial score (nSPS) is 20.9. The Bertz CT molecular complexity index is 270. The summed E-state index contributed by atoms with van der Waals surface area (Å²) in [5.41, 5.74) is 0.401. The van der Waals surface area contributed by atoms with Crippen molar-refractivity contribution >= 4 is 5.97 Å². The molecule has 0 spiro atoms. The summed E-state index contributed by atoms with van der Waals surface area (Å²) in [7, 11) is 0. The van der Waals surface area contributed by atoms with Gasteiger partial charge in [-0.2, -0.15) is 0 Å². The SMILES string of the molecule is C/C=C(\C=C/CC)C1(C(=O)O)CCC1. The Balaban J connectivity index is 2.87. The van der Waals surface area contributed by atoms with Crippen molar-refractivity contribution in [3.05, 3.63) is 23.8 Å². The van der Waals surface area contributed by atoms with Crippen LogP contribution >= 0.6 is 0 Å². The predicted octanol–water partition coefficient (Wildman–Crippen LogP) is 3.15. The molecule has 0 atom stereocenters. The molecule has 1 fully saturated rings. The number of allylic oxidation sites excluding steroid dienone is 3. The van der Waals surface area contributed by atoms with Crippen LogP contribution in [-0.4, -0.2) is 11.1 Å². The molecule has 0 aliphatic heterocycles. The second-order valence-corrected chi connectivity index (χ2v) is 3.80. The van der Waals surface area contributed by atoms with E-state index in [2.05, 4.69) is 6.92 Å². The van der Waals surface area contributed by atoms with Gasteiger partial charge in [0.15, 0.2) is 0 Å². The molecule has 0 aromatic rings. The van der Waals surface area contributed by atoms with Gasteiger partial charge in [0.1, 0.15) is 0 Å². The van der Waals surface area contributed by atoms with E-state index < -0.39 is 11.4 Å². The Kier molecular flexibility index (Phi) is 3.50. The predicted molar refractivity (Wildman–Crippen MR) is 57.1 cm³/mol. The van der Waals surface area contributed by atoms with Gasteiger partial charge >= 0.3 is 5.97 Å². The molecule has 0 unspecified atom stereocenters. The summed E-state index contributed by atoms with van der Waals surface area (Å²) in [5.74, 6) is -0.669. The van der Waals surface area contributed by atoms with Crippen LogP contribution in [0.3, 0.4) is 0 Å². The molecule has 1 N–H and O–H groups in total. The maximum absolute atomic E-state index is 11.2. The van der Waals surface area contributed by atoms with Crippen molar-refractivity contribution in [1.82, 2.24) is 0 Å². The fourth-order valence-corrected chi connectivity index (χ4v) is 1.93. The molecule has 0 saturated heterocycles. The maximum Gasteiger partial charge on any atom is 0.314 e. The molecule has 14 heavy (non-hydrogen) atoms. The highest BCUT2D eigenvalue weighted by atomic mass is 16.4. The van der Waals surface area contributed by atoms with Gasteiger partial charge in [-0.25, -0.2) is 0 Å². The van der Waals surface area contributed by atoms with E-state index in [0.29, 0.717) is 0 Å². The highest BCUT2D eigenvalue weighted by Crippen LogP contribution is 2.47. The smallest absolute Gasteiger partial charge is 0.314 e. The van der Waals surface area contributed by atoms with Crippen LogP contribution in [-0.2, 0) is 4.79 Å². The van der Waals surface area contributed by atoms with Crippen molar-refractivity contribution < 1.29 is 9.90 Å². The minimum atomic E-state index is -0.669. The molecule has 0 aromatic carbocycles. The van der Waals surface area contributed by atoms with E-state index in [0.717, 1.165) is 31.3 Å². The Morgan fingerprint density at radius 2 is 2.14 bits per heavy atom. The van der Waals surface area contributed by atoms with Crippen molar-refractivity contribution in [3.63, 3.8) is 0 Å².